The maximum Gasteiger partial charge on any atom is 0.311 e. The predicted molar refractivity (Wildman–Crippen MR) is 118 cm³/mol. The molecule has 2 N–H and O–H groups in total. The number of ketones is 2. The van der Waals surface area contributed by atoms with Crippen LogP contribution in [0.25, 0.3) is 0 Å². The highest BCUT2D eigenvalue weighted by molar-refractivity contribution is 5.92. The summed E-state index contributed by atoms with van der Waals surface area (Å²) in [5.41, 5.74) is -2.13. The number of allylic oxidation sites excluding steroid dienone is 1. The van der Waals surface area contributed by atoms with Crippen molar-refractivity contribution >= 4 is 17.5 Å². The third-order valence-electron chi connectivity index (χ3n) is 9.46. The second kappa shape index (κ2) is 7.49. The summed E-state index contributed by atoms with van der Waals surface area (Å²) in [5.74, 6) is -0.417. The monoisotopic (exact) mass is 446 g/mol. The van der Waals surface area contributed by atoms with Crippen LogP contribution in [0.1, 0.15) is 79.6 Å². The molecule has 178 valence electrons. The van der Waals surface area contributed by atoms with Crippen LogP contribution in [0.5, 0.6) is 0 Å². The first kappa shape index (κ1) is 23.6. The zero-order valence-corrected chi connectivity index (χ0v) is 20.1. The third-order valence-corrected chi connectivity index (χ3v) is 9.46. The number of hydrogen-bond acceptors (Lipinski definition) is 6. The molecule has 3 saturated carbocycles. The molecule has 7 atom stereocenters. The van der Waals surface area contributed by atoms with Gasteiger partial charge in [-0.05, 0) is 88.5 Å². The normalized spacial score (nSPS) is 43.6. The lowest BCUT2D eigenvalue weighted by Gasteiger charge is -2.60. The van der Waals surface area contributed by atoms with E-state index in [1.54, 1.807) is 26.8 Å². The van der Waals surface area contributed by atoms with Gasteiger partial charge in [-0.2, -0.15) is 0 Å². The molecule has 4 aliphatic carbocycles. The van der Waals surface area contributed by atoms with Crippen LogP contribution in [-0.2, 0) is 19.1 Å². The van der Waals surface area contributed by atoms with E-state index in [0.29, 0.717) is 25.7 Å². The van der Waals surface area contributed by atoms with Crippen LogP contribution in [-0.4, -0.2) is 46.1 Å². The maximum atomic E-state index is 13.2. The molecule has 3 fully saturated rings. The molecule has 6 nitrogen and oxygen atoms in total. The summed E-state index contributed by atoms with van der Waals surface area (Å²) in [6.45, 7) is 8.86. The minimum absolute atomic E-state index is 0.0323. The molecule has 7 unspecified atom stereocenters. The van der Waals surface area contributed by atoms with Gasteiger partial charge in [0, 0.05) is 11.8 Å². The zero-order chi connectivity index (χ0) is 23.7. The van der Waals surface area contributed by atoms with E-state index in [4.69, 9.17) is 4.74 Å². The van der Waals surface area contributed by atoms with Crippen molar-refractivity contribution in [2.24, 2.45) is 34.0 Å². The van der Waals surface area contributed by atoms with E-state index < -0.39 is 40.9 Å². The van der Waals surface area contributed by atoms with Crippen LogP contribution in [0.2, 0.25) is 0 Å². The van der Waals surface area contributed by atoms with Gasteiger partial charge in [0.2, 0.25) is 5.78 Å². The summed E-state index contributed by atoms with van der Waals surface area (Å²) >= 11 is 0. The van der Waals surface area contributed by atoms with Gasteiger partial charge in [0.1, 0.15) is 5.60 Å². The molecule has 0 radical (unpaired) electrons. The molecule has 4 rings (SSSR count). The highest BCUT2D eigenvalue weighted by Crippen LogP contribution is 2.67. The first-order chi connectivity index (χ1) is 14.7. The van der Waals surface area contributed by atoms with E-state index in [-0.39, 0.29) is 29.0 Å². The van der Waals surface area contributed by atoms with Crippen molar-refractivity contribution < 1.29 is 29.3 Å². The number of aliphatic hydroxyl groups excluding tert-OH is 1. The van der Waals surface area contributed by atoms with Crippen LogP contribution in [0.4, 0.5) is 0 Å². The van der Waals surface area contributed by atoms with Crippen molar-refractivity contribution in [3.8, 4) is 0 Å². The molecule has 32 heavy (non-hydrogen) atoms. The molecule has 0 saturated heterocycles. The lowest BCUT2D eigenvalue weighted by Crippen LogP contribution is -2.62. The molecule has 0 spiro atoms. The molecule has 0 heterocycles. The third kappa shape index (κ3) is 3.32. The summed E-state index contributed by atoms with van der Waals surface area (Å²) < 4.78 is 5.25. The van der Waals surface area contributed by atoms with Crippen LogP contribution >= 0.6 is 0 Å². The Kier molecular flexibility index (Phi) is 5.53. The van der Waals surface area contributed by atoms with Crippen LogP contribution < -0.4 is 0 Å². The fraction of sp³-hybridized carbons (Fsp3) is 0.808. The van der Waals surface area contributed by atoms with E-state index >= 15 is 0 Å². The molecule has 0 amide bonds. The number of aliphatic hydroxyl groups is 2. The van der Waals surface area contributed by atoms with Gasteiger partial charge in [-0.25, -0.2) is 0 Å². The van der Waals surface area contributed by atoms with Gasteiger partial charge in [0.05, 0.1) is 11.5 Å². The Hall–Kier alpha value is -1.53. The molecule has 6 heteroatoms. The smallest absolute Gasteiger partial charge is 0.311 e. The van der Waals surface area contributed by atoms with Crippen molar-refractivity contribution in [1.82, 2.24) is 0 Å². The molecule has 0 aromatic rings. The number of esters is 1. The van der Waals surface area contributed by atoms with Gasteiger partial charge in [-0.15, -0.1) is 0 Å². The highest BCUT2D eigenvalue weighted by atomic mass is 16.5. The largest absolute Gasteiger partial charge is 0.457 e. The van der Waals surface area contributed by atoms with E-state index in [0.717, 1.165) is 24.8 Å². The van der Waals surface area contributed by atoms with Crippen LogP contribution in [0, 0.1) is 34.0 Å². The van der Waals surface area contributed by atoms with Crippen molar-refractivity contribution in [2.45, 2.75) is 91.3 Å². The van der Waals surface area contributed by atoms with Crippen molar-refractivity contribution in [2.75, 3.05) is 6.61 Å². The second-order valence-electron chi connectivity index (χ2n) is 12.2. The van der Waals surface area contributed by atoms with Crippen molar-refractivity contribution in [1.29, 1.82) is 0 Å². The molecule has 0 aromatic carbocycles. The second-order valence-corrected chi connectivity index (χ2v) is 12.2. The quantitative estimate of drug-likeness (QED) is 0.645. The Bertz CT molecular complexity index is 868. The molecule has 4 aliphatic rings. The van der Waals surface area contributed by atoms with Crippen LogP contribution in [0.3, 0.4) is 0 Å². The van der Waals surface area contributed by atoms with E-state index in [1.807, 2.05) is 6.92 Å². The Morgan fingerprint density at radius 1 is 1.16 bits per heavy atom. The standard InChI is InChI=1S/C26H38O6/c1-23(2,3)22(30)32-14-20(29)26(31)11-9-18-17-7-6-15-12-16(27)8-10-24(15,4)21(17)19(28)13-25(18,26)5/h12,17-19,21,28,31H,6-11,13-14H2,1-5H3. The zero-order valence-electron chi connectivity index (χ0n) is 20.1. The molecule has 0 aromatic heterocycles. The number of Topliss-reactive ketones (excluding diaryl/α,β-unsaturated/α-hetero) is 1. The fourth-order valence-electron chi connectivity index (χ4n) is 7.62. The number of fused-ring (bicyclic) bond motifs is 5. The van der Waals surface area contributed by atoms with E-state index in [2.05, 4.69) is 6.92 Å². The van der Waals surface area contributed by atoms with Gasteiger partial charge in [-0.3, -0.25) is 14.4 Å². The lowest BCUT2D eigenvalue weighted by molar-refractivity contribution is -0.185. The lowest BCUT2D eigenvalue weighted by atomic mass is 9.45. The molecular weight excluding hydrogens is 408 g/mol. The number of carbonyl (C=O) groups is 3. The first-order valence-electron chi connectivity index (χ1n) is 12.1. The van der Waals surface area contributed by atoms with Gasteiger partial charge < -0.3 is 14.9 Å². The molecule has 0 bridgehead atoms. The Labute approximate surface area is 190 Å². The summed E-state index contributed by atoms with van der Waals surface area (Å²) in [7, 11) is 0. The van der Waals surface area contributed by atoms with Gasteiger partial charge in [-0.1, -0.05) is 19.4 Å². The summed E-state index contributed by atoms with van der Waals surface area (Å²) in [4.78, 5) is 37.4. The number of carbonyl (C=O) groups excluding carboxylic acids is 3. The number of hydrogen-bond donors (Lipinski definition) is 2. The SMILES string of the molecule is CC(C)(C)C(=O)OCC(=O)C1(O)CCC2C3CCC4=CC(=O)CCC4(C)C3C(O)CC21C. The summed E-state index contributed by atoms with van der Waals surface area (Å²) in [5, 5.41) is 23.1. The topological polar surface area (TPSA) is 101 Å². The Morgan fingerprint density at radius 3 is 2.50 bits per heavy atom. The van der Waals surface area contributed by atoms with E-state index in [1.165, 1.54) is 0 Å². The number of ether oxygens (including phenoxy) is 1. The summed E-state index contributed by atoms with van der Waals surface area (Å²) in [6.07, 6.45) is 5.49. The molecule has 0 aliphatic heterocycles. The van der Waals surface area contributed by atoms with Gasteiger partial charge in [0.15, 0.2) is 12.4 Å². The van der Waals surface area contributed by atoms with Crippen LogP contribution in [0.15, 0.2) is 11.6 Å². The van der Waals surface area contributed by atoms with Gasteiger partial charge >= 0.3 is 5.97 Å². The summed E-state index contributed by atoms with van der Waals surface area (Å²) in [6, 6.07) is 0. The molecular formula is C26H38O6. The first-order valence-corrected chi connectivity index (χ1v) is 12.1. The van der Waals surface area contributed by atoms with Crippen molar-refractivity contribution in [3.05, 3.63) is 11.6 Å². The minimum Gasteiger partial charge on any atom is -0.457 e. The predicted octanol–water partition coefficient (Wildman–Crippen LogP) is 3.38. The minimum atomic E-state index is -1.61. The fourth-order valence-corrected chi connectivity index (χ4v) is 7.62. The highest BCUT2D eigenvalue weighted by Gasteiger charge is 2.68. The van der Waals surface area contributed by atoms with Crippen molar-refractivity contribution in [3.63, 3.8) is 0 Å². The average molecular weight is 447 g/mol. The Morgan fingerprint density at radius 2 is 1.84 bits per heavy atom. The average Bonchev–Trinajstić information content (AvgIpc) is 2.97. The van der Waals surface area contributed by atoms with E-state index in [9.17, 15) is 24.6 Å². The number of rotatable bonds is 3. The van der Waals surface area contributed by atoms with Gasteiger partial charge in [0.25, 0.3) is 0 Å². The Balaban J connectivity index is 1.59. The maximum absolute atomic E-state index is 13.2.